The predicted octanol–water partition coefficient (Wildman–Crippen LogP) is 4.83. The number of hydrogen-bond donors (Lipinski definition) is 1. The van der Waals surface area contributed by atoms with Crippen molar-refractivity contribution in [2.45, 2.75) is 45.3 Å². The quantitative estimate of drug-likeness (QED) is 0.424. The monoisotopic (exact) mass is 499 g/mol. The molecule has 1 saturated carbocycles. The summed E-state index contributed by atoms with van der Waals surface area (Å²) in [6.07, 6.45) is 4.77. The van der Waals surface area contributed by atoms with Crippen molar-refractivity contribution in [3.63, 3.8) is 0 Å². The maximum Gasteiger partial charge on any atom is 0.410 e. The van der Waals surface area contributed by atoms with Gasteiger partial charge in [0.1, 0.15) is 29.2 Å². The number of benzene rings is 1. The molecule has 37 heavy (non-hydrogen) atoms. The summed E-state index contributed by atoms with van der Waals surface area (Å²) in [6.45, 7) is 7.05. The number of carbonyl (C=O) groups excluding carboxylic acids is 1. The Morgan fingerprint density at radius 1 is 1.05 bits per heavy atom. The molecule has 1 spiro atoms. The topological polar surface area (TPSA) is 121 Å². The van der Waals surface area contributed by atoms with Crippen LogP contribution in [0, 0.1) is 5.41 Å². The fourth-order valence-corrected chi connectivity index (χ4v) is 5.23. The molecule has 4 aromatic rings. The maximum absolute atomic E-state index is 12.4. The van der Waals surface area contributed by atoms with Gasteiger partial charge in [-0.15, -0.1) is 0 Å². The molecule has 10 heteroatoms. The van der Waals surface area contributed by atoms with E-state index in [9.17, 15) is 4.79 Å². The minimum Gasteiger partial charge on any atom is -0.444 e. The van der Waals surface area contributed by atoms with Crippen molar-refractivity contribution in [1.82, 2.24) is 29.6 Å². The number of fused-ring (bicyclic) bond motifs is 1. The minimum atomic E-state index is -0.493. The van der Waals surface area contributed by atoms with Crippen LogP contribution in [0.4, 0.5) is 10.6 Å². The number of para-hydroxylation sites is 1. The van der Waals surface area contributed by atoms with Crippen LogP contribution in [0.5, 0.6) is 11.6 Å². The SMILES string of the molecule is CC(C)(C)OC(=O)N1CC2(CC(n3nc(-c4ccc(Oc5ccccc5)nc4)c4c(N)ncnc43)C2)C1. The molecule has 2 fully saturated rings. The molecule has 0 radical (unpaired) electrons. The number of aromatic nitrogens is 5. The van der Waals surface area contributed by atoms with Gasteiger partial charge < -0.3 is 20.1 Å². The predicted molar refractivity (Wildman–Crippen MR) is 138 cm³/mol. The smallest absolute Gasteiger partial charge is 0.410 e. The molecule has 1 aromatic carbocycles. The average Bonchev–Trinajstić information content (AvgIpc) is 3.18. The fraction of sp³-hybridized carbons (Fsp3) is 0.370. The Bertz CT molecular complexity index is 1450. The molecule has 0 bridgehead atoms. The standard InChI is InChI=1S/C27H29N7O3/c1-26(2,3)37-25(35)33-14-27(15-33)11-18(12-27)34-24-21(23(28)30-16-31-24)22(32-34)17-9-10-20(29-13-17)36-19-7-5-4-6-8-19/h4-10,13,16,18H,11-12,14-15H2,1-3H3,(H2,28,30,31). The van der Waals surface area contributed by atoms with Gasteiger partial charge in [-0.25, -0.2) is 24.4 Å². The fourth-order valence-electron chi connectivity index (χ4n) is 5.23. The van der Waals surface area contributed by atoms with Crippen molar-refractivity contribution < 1.29 is 14.3 Å². The van der Waals surface area contributed by atoms with Crippen LogP contribution >= 0.6 is 0 Å². The van der Waals surface area contributed by atoms with Crippen molar-refractivity contribution in [3.05, 3.63) is 55.0 Å². The van der Waals surface area contributed by atoms with Gasteiger partial charge in [-0.2, -0.15) is 5.10 Å². The number of carbonyl (C=O) groups is 1. The van der Waals surface area contributed by atoms with Crippen molar-refractivity contribution in [2.75, 3.05) is 18.8 Å². The third-order valence-electron chi connectivity index (χ3n) is 6.88. The van der Waals surface area contributed by atoms with Gasteiger partial charge in [0.2, 0.25) is 5.88 Å². The molecule has 1 amide bonds. The van der Waals surface area contributed by atoms with E-state index in [2.05, 4.69) is 15.0 Å². The Labute approximate surface area is 214 Å². The van der Waals surface area contributed by atoms with Crippen LogP contribution in [0.1, 0.15) is 39.7 Å². The molecule has 0 unspecified atom stereocenters. The molecule has 3 aromatic heterocycles. The Morgan fingerprint density at radius 3 is 2.49 bits per heavy atom. The van der Waals surface area contributed by atoms with Gasteiger partial charge in [-0.1, -0.05) is 18.2 Å². The lowest BCUT2D eigenvalue weighted by molar-refractivity contribution is -0.0920. The van der Waals surface area contributed by atoms with E-state index in [4.69, 9.17) is 20.3 Å². The number of nitrogen functional groups attached to an aromatic ring is 1. The lowest BCUT2D eigenvalue weighted by Gasteiger charge is -2.58. The number of ether oxygens (including phenoxy) is 2. The van der Waals surface area contributed by atoms with Crippen LogP contribution < -0.4 is 10.5 Å². The summed E-state index contributed by atoms with van der Waals surface area (Å²) >= 11 is 0. The zero-order chi connectivity index (χ0) is 25.8. The maximum atomic E-state index is 12.4. The molecule has 1 aliphatic heterocycles. The zero-order valence-electron chi connectivity index (χ0n) is 21.1. The van der Waals surface area contributed by atoms with E-state index < -0.39 is 5.60 Å². The molecular formula is C27H29N7O3. The van der Waals surface area contributed by atoms with Crippen LogP contribution in [0.25, 0.3) is 22.3 Å². The van der Waals surface area contributed by atoms with E-state index in [1.165, 1.54) is 6.33 Å². The van der Waals surface area contributed by atoms with Crippen LogP contribution in [0.2, 0.25) is 0 Å². The third-order valence-corrected chi connectivity index (χ3v) is 6.88. The van der Waals surface area contributed by atoms with Gasteiger partial charge in [0.15, 0.2) is 5.65 Å². The summed E-state index contributed by atoms with van der Waals surface area (Å²) in [5.41, 5.74) is 8.10. The number of amides is 1. The zero-order valence-corrected chi connectivity index (χ0v) is 21.1. The molecule has 1 saturated heterocycles. The molecule has 1 aliphatic carbocycles. The highest BCUT2D eigenvalue weighted by Gasteiger charge is 2.55. The lowest BCUT2D eigenvalue weighted by atomic mass is 9.61. The Kier molecular flexibility index (Phi) is 5.29. The largest absolute Gasteiger partial charge is 0.444 e. The molecule has 2 N–H and O–H groups in total. The molecule has 0 atom stereocenters. The second kappa shape index (κ2) is 8.43. The van der Waals surface area contributed by atoms with Gasteiger partial charge in [-0.3, -0.25) is 0 Å². The van der Waals surface area contributed by atoms with Crippen molar-refractivity contribution >= 4 is 22.9 Å². The van der Waals surface area contributed by atoms with E-state index in [0.717, 1.165) is 24.2 Å². The summed E-state index contributed by atoms with van der Waals surface area (Å²) in [4.78, 5) is 27.3. The van der Waals surface area contributed by atoms with Gasteiger partial charge in [-0.05, 0) is 51.8 Å². The van der Waals surface area contributed by atoms with Crippen LogP contribution in [0.3, 0.4) is 0 Å². The van der Waals surface area contributed by atoms with E-state index >= 15 is 0 Å². The van der Waals surface area contributed by atoms with Crippen molar-refractivity contribution in [1.29, 1.82) is 0 Å². The van der Waals surface area contributed by atoms with Gasteiger partial charge in [0.25, 0.3) is 0 Å². The number of nitrogens with zero attached hydrogens (tertiary/aromatic N) is 6. The van der Waals surface area contributed by atoms with Gasteiger partial charge in [0.05, 0.1) is 11.4 Å². The number of hydrogen-bond acceptors (Lipinski definition) is 8. The summed E-state index contributed by atoms with van der Waals surface area (Å²) in [5, 5.41) is 5.64. The third kappa shape index (κ3) is 4.32. The van der Waals surface area contributed by atoms with E-state index in [0.29, 0.717) is 41.5 Å². The van der Waals surface area contributed by atoms with E-state index in [-0.39, 0.29) is 17.6 Å². The minimum absolute atomic E-state index is 0.108. The lowest BCUT2D eigenvalue weighted by Crippen LogP contribution is -2.64. The van der Waals surface area contributed by atoms with E-state index in [1.807, 2.05) is 67.9 Å². The Hall–Kier alpha value is -4.21. The van der Waals surface area contributed by atoms with Crippen molar-refractivity contribution in [3.8, 4) is 22.9 Å². The van der Waals surface area contributed by atoms with E-state index in [1.54, 1.807) is 11.1 Å². The normalized spacial score (nSPS) is 16.9. The van der Waals surface area contributed by atoms with Crippen LogP contribution in [0.15, 0.2) is 55.0 Å². The molecular weight excluding hydrogens is 470 g/mol. The van der Waals surface area contributed by atoms with Crippen molar-refractivity contribution in [2.24, 2.45) is 5.41 Å². The number of rotatable bonds is 4. The number of anilines is 1. The number of nitrogens with two attached hydrogens (primary N) is 1. The first-order chi connectivity index (χ1) is 17.7. The second-order valence-electron chi connectivity index (χ2n) is 10.9. The number of pyridine rings is 1. The summed E-state index contributed by atoms with van der Waals surface area (Å²) < 4.78 is 13.3. The van der Waals surface area contributed by atoms with Gasteiger partial charge in [0, 0.05) is 36.3 Å². The molecule has 2 aliphatic rings. The number of likely N-dealkylation sites (tertiary alicyclic amines) is 1. The highest BCUT2D eigenvalue weighted by atomic mass is 16.6. The summed E-state index contributed by atoms with van der Waals surface area (Å²) in [7, 11) is 0. The van der Waals surface area contributed by atoms with Gasteiger partial charge >= 0.3 is 6.09 Å². The first-order valence-electron chi connectivity index (χ1n) is 12.4. The Morgan fingerprint density at radius 2 is 1.81 bits per heavy atom. The summed E-state index contributed by atoms with van der Waals surface area (Å²) in [6, 6.07) is 13.4. The summed E-state index contributed by atoms with van der Waals surface area (Å²) in [5.74, 6) is 1.59. The van der Waals surface area contributed by atoms with Crippen LogP contribution in [-0.2, 0) is 4.74 Å². The van der Waals surface area contributed by atoms with Crippen LogP contribution in [-0.4, -0.2) is 54.4 Å². The molecule has 10 nitrogen and oxygen atoms in total. The molecule has 6 rings (SSSR count). The second-order valence-corrected chi connectivity index (χ2v) is 10.9. The first kappa shape index (κ1) is 23.2. The molecule has 4 heterocycles. The first-order valence-corrected chi connectivity index (χ1v) is 12.4. The highest BCUT2D eigenvalue weighted by molar-refractivity contribution is 5.98. The highest BCUT2D eigenvalue weighted by Crippen LogP contribution is 2.55. The Balaban J connectivity index is 1.21. The molecule has 190 valence electrons. The average molecular weight is 500 g/mol.